The van der Waals surface area contributed by atoms with Crippen LogP contribution >= 0.6 is 0 Å². The highest BCUT2D eigenvalue weighted by atomic mass is 16.6. The highest BCUT2D eigenvalue weighted by Crippen LogP contribution is 2.54. The smallest absolute Gasteiger partial charge is 0.0926 e. The number of ether oxygens (including phenoxy) is 1. The first-order valence-corrected chi connectivity index (χ1v) is 5.96. The molecule has 1 aliphatic heterocycles. The van der Waals surface area contributed by atoms with Crippen LogP contribution in [0.2, 0.25) is 0 Å². The van der Waals surface area contributed by atoms with Crippen molar-refractivity contribution < 1.29 is 4.74 Å². The SMILES string of the molecule is CC1=C2CC3OC3(C)CC(C)C2CC1. The van der Waals surface area contributed by atoms with Crippen LogP contribution in [-0.4, -0.2) is 11.7 Å². The van der Waals surface area contributed by atoms with Gasteiger partial charge in [-0.3, -0.25) is 0 Å². The normalized spacial score (nSPS) is 51.2. The van der Waals surface area contributed by atoms with E-state index in [0.717, 1.165) is 11.8 Å². The van der Waals surface area contributed by atoms with Gasteiger partial charge in [-0.1, -0.05) is 18.1 Å². The predicted octanol–water partition coefficient (Wildman–Crippen LogP) is 3.30. The second-order valence-electron chi connectivity index (χ2n) is 5.76. The summed E-state index contributed by atoms with van der Waals surface area (Å²) < 4.78 is 5.84. The number of epoxide rings is 1. The number of hydrogen-bond donors (Lipinski definition) is 0. The van der Waals surface area contributed by atoms with Crippen molar-refractivity contribution >= 4 is 0 Å². The molecule has 3 rings (SSSR count). The summed E-state index contributed by atoms with van der Waals surface area (Å²) in [5.74, 6) is 1.73. The van der Waals surface area contributed by atoms with E-state index in [9.17, 15) is 0 Å². The lowest BCUT2D eigenvalue weighted by atomic mass is 9.85. The Labute approximate surface area is 86.5 Å². The summed E-state index contributed by atoms with van der Waals surface area (Å²) in [6.45, 7) is 7.04. The first-order chi connectivity index (χ1) is 6.60. The number of fused-ring (bicyclic) bond motifs is 2. The van der Waals surface area contributed by atoms with E-state index in [-0.39, 0.29) is 5.60 Å². The second kappa shape index (κ2) is 2.63. The molecule has 0 aromatic heterocycles. The average molecular weight is 192 g/mol. The average Bonchev–Trinajstić information content (AvgIpc) is 2.59. The van der Waals surface area contributed by atoms with Crippen molar-refractivity contribution in [3.05, 3.63) is 11.1 Å². The summed E-state index contributed by atoms with van der Waals surface area (Å²) >= 11 is 0. The molecule has 1 heteroatoms. The van der Waals surface area contributed by atoms with Crippen molar-refractivity contribution in [1.82, 2.24) is 0 Å². The molecule has 2 aliphatic carbocycles. The van der Waals surface area contributed by atoms with E-state index in [1.165, 1.54) is 25.7 Å². The Morgan fingerprint density at radius 3 is 3.00 bits per heavy atom. The van der Waals surface area contributed by atoms with Crippen molar-refractivity contribution in [3.63, 3.8) is 0 Å². The summed E-state index contributed by atoms with van der Waals surface area (Å²) in [6, 6.07) is 0. The van der Waals surface area contributed by atoms with Crippen LogP contribution in [0.15, 0.2) is 11.1 Å². The number of rotatable bonds is 0. The Kier molecular flexibility index (Phi) is 1.69. The zero-order valence-corrected chi connectivity index (χ0v) is 9.47. The molecule has 4 unspecified atom stereocenters. The van der Waals surface area contributed by atoms with Gasteiger partial charge < -0.3 is 4.74 Å². The summed E-state index contributed by atoms with van der Waals surface area (Å²) in [5, 5.41) is 0. The highest BCUT2D eigenvalue weighted by molar-refractivity contribution is 5.27. The molecule has 0 bridgehead atoms. The molecule has 2 fully saturated rings. The van der Waals surface area contributed by atoms with E-state index in [4.69, 9.17) is 4.74 Å². The first-order valence-electron chi connectivity index (χ1n) is 5.96. The third-order valence-corrected chi connectivity index (χ3v) is 4.68. The van der Waals surface area contributed by atoms with Crippen molar-refractivity contribution in [2.75, 3.05) is 0 Å². The Balaban J connectivity index is 1.93. The van der Waals surface area contributed by atoms with E-state index in [0.29, 0.717) is 6.10 Å². The lowest BCUT2D eigenvalue weighted by Crippen LogP contribution is -2.16. The van der Waals surface area contributed by atoms with E-state index in [1.54, 1.807) is 11.1 Å². The minimum absolute atomic E-state index is 0.247. The fourth-order valence-corrected chi connectivity index (χ4v) is 3.69. The largest absolute Gasteiger partial charge is 0.366 e. The zero-order chi connectivity index (χ0) is 9.92. The van der Waals surface area contributed by atoms with Gasteiger partial charge in [0.05, 0.1) is 11.7 Å². The number of allylic oxidation sites excluding steroid dienone is 1. The quantitative estimate of drug-likeness (QED) is 0.424. The van der Waals surface area contributed by atoms with Gasteiger partial charge in [0, 0.05) is 0 Å². The van der Waals surface area contributed by atoms with Gasteiger partial charge in [-0.05, 0) is 51.4 Å². The third-order valence-electron chi connectivity index (χ3n) is 4.68. The molecule has 1 saturated carbocycles. The summed E-state index contributed by atoms with van der Waals surface area (Å²) in [7, 11) is 0. The summed E-state index contributed by atoms with van der Waals surface area (Å²) in [5.41, 5.74) is 3.67. The molecule has 78 valence electrons. The molecule has 0 N–H and O–H groups in total. The molecule has 4 atom stereocenters. The Morgan fingerprint density at radius 2 is 2.21 bits per heavy atom. The lowest BCUT2D eigenvalue weighted by molar-refractivity contribution is 0.233. The molecular weight excluding hydrogens is 172 g/mol. The van der Waals surface area contributed by atoms with Gasteiger partial charge >= 0.3 is 0 Å². The molecule has 0 amide bonds. The van der Waals surface area contributed by atoms with Crippen LogP contribution in [0, 0.1) is 11.8 Å². The Hall–Kier alpha value is -0.300. The van der Waals surface area contributed by atoms with Gasteiger partial charge in [0.15, 0.2) is 0 Å². The molecule has 0 radical (unpaired) electrons. The Morgan fingerprint density at radius 1 is 1.43 bits per heavy atom. The summed E-state index contributed by atoms with van der Waals surface area (Å²) in [4.78, 5) is 0. The highest BCUT2D eigenvalue weighted by Gasteiger charge is 2.56. The van der Waals surface area contributed by atoms with Gasteiger partial charge in [0.2, 0.25) is 0 Å². The maximum atomic E-state index is 5.84. The minimum atomic E-state index is 0.247. The van der Waals surface area contributed by atoms with Crippen molar-refractivity contribution in [1.29, 1.82) is 0 Å². The molecule has 1 nitrogen and oxygen atoms in total. The second-order valence-corrected chi connectivity index (χ2v) is 5.76. The molecular formula is C13H20O. The molecule has 3 aliphatic rings. The van der Waals surface area contributed by atoms with E-state index in [1.807, 2.05) is 0 Å². The first kappa shape index (κ1) is 8.96. The molecule has 14 heavy (non-hydrogen) atoms. The fourth-order valence-electron chi connectivity index (χ4n) is 3.69. The van der Waals surface area contributed by atoms with Crippen LogP contribution < -0.4 is 0 Å². The van der Waals surface area contributed by atoms with Crippen molar-refractivity contribution in [2.24, 2.45) is 11.8 Å². The van der Waals surface area contributed by atoms with Crippen LogP contribution in [0.1, 0.15) is 46.5 Å². The lowest BCUT2D eigenvalue weighted by Gasteiger charge is -2.21. The number of hydrogen-bond acceptors (Lipinski definition) is 1. The Bertz CT molecular complexity index is 304. The van der Waals surface area contributed by atoms with Crippen molar-refractivity contribution in [2.45, 2.75) is 58.2 Å². The molecule has 0 aromatic carbocycles. The standard InChI is InChI=1S/C13H20O/c1-8-4-5-10-9(2)7-13(3)12(14-13)6-11(8)10/h9-10,12H,4-7H2,1-3H3. The third kappa shape index (κ3) is 1.11. The molecule has 1 heterocycles. The van der Waals surface area contributed by atoms with Crippen LogP contribution in [0.3, 0.4) is 0 Å². The van der Waals surface area contributed by atoms with Crippen LogP contribution in [0.5, 0.6) is 0 Å². The minimum Gasteiger partial charge on any atom is -0.366 e. The fraction of sp³-hybridized carbons (Fsp3) is 0.846. The molecule has 0 spiro atoms. The van der Waals surface area contributed by atoms with Crippen molar-refractivity contribution in [3.8, 4) is 0 Å². The monoisotopic (exact) mass is 192 g/mol. The molecule has 1 saturated heterocycles. The predicted molar refractivity (Wildman–Crippen MR) is 57.1 cm³/mol. The van der Waals surface area contributed by atoms with Gasteiger partial charge in [-0.25, -0.2) is 0 Å². The van der Waals surface area contributed by atoms with E-state index >= 15 is 0 Å². The maximum Gasteiger partial charge on any atom is 0.0926 e. The summed E-state index contributed by atoms with van der Waals surface area (Å²) in [6.07, 6.45) is 5.81. The maximum absolute atomic E-state index is 5.84. The topological polar surface area (TPSA) is 12.5 Å². The van der Waals surface area contributed by atoms with E-state index in [2.05, 4.69) is 20.8 Å². The van der Waals surface area contributed by atoms with Gasteiger partial charge in [-0.15, -0.1) is 0 Å². The van der Waals surface area contributed by atoms with Gasteiger partial charge in [0.25, 0.3) is 0 Å². The van der Waals surface area contributed by atoms with Gasteiger partial charge in [-0.2, -0.15) is 0 Å². The van der Waals surface area contributed by atoms with Crippen LogP contribution in [0.25, 0.3) is 0 Å². The zero-order valence-electron chi connectivity index (χ0n) is 9.47. The van der Waals surface area contributed by atoms with Gasteiger partial charge in [0.1, 0.15) is 0 Å². The molecule has 0 aromatic rings. The van der Waals surface area contributed by atoms with Crippen LogP contribution in [0.4, 0.5) is 0 Å². The van der Waals surface area contributed by atoms with E-state index < -0.39 is 0 Å². The van der Waals surface area contributed by atoms with Crippen LogP contribution in [-0.2, 0) is 4.74 Å².